The van der Waals surface area contributed by atoms with Crippen LogP contribution in [0.15, 0.2) is 58.3 Å². The van der Waals surface area contributed by atoms with Crippen molar-refractivity contribution in [2.24, 2.45) is 0 Å². The fourth-order valence-electron chi connectivity index (χ4n) is 5.00. The van der Waals surface area contributed by atoms with Gasteiger partial charge in [0, 0.05) is 29.5 Å². The number of methoxy groups -OCH3 is 1. The van der Waals surface area contributed by atoms with E-state index in [0.717, 1.165) is 28.1 Å². The highest BCUT2D eigenvalue weighted by atomic mass is 16.5. The number of nitrogens with one attached hydrogen (secondary N) is 1. The molecule has 0 unspecified atom stereocenters. The third-order valence-electron chi connectivity index (χ3n) is 6.46. The van der Waals surface area contributed by atoms with E-state index >= 15 is 0 Å². The van der Waals surface area contributed by atoms with E-state index in [1.165, 1.54) is 0 Å². The molecule has 2 aliphatic rings. The Morgan fingerprint density at radius 3 is 2.76 bits per heavy atom. The van der Waals surface area contributed by atoms with Gasteiger partial charge in [-0.05, 0) is 49.6 Å². The van der Waals surface area contributed by atoms with Crippen molar-refractivity contribution in [3.05, 3.63) is 76.1 Å². The van der Waals surface area contributed by atoms with E-state index in [2.05, 4.69) is 10.5 Å². The van der Waals surface area contributed by atoms with Gasteiger partial charge in [-0.1, -0.05) is 29.4 Å². The molecule has 0 spiro atoms. The van der Waals surface area contributed by atoms with Crippen LogP contribution in [0.3, 0.4) is 0 Å². The van der Waals surface area contributed by atoms with Gasteiger partial charge in [0.2, 0.25) is 5.88 Å². The minimum absolute atomic E-state index is 0.0435. The monoisotopic (exact) mass is 446 g/mol. The zero-order chi connectivity index (χ0) is 23.1. The highest BCUT2D eigenvalue weighted by molar-refractivity contribution is 6.01. The summed E-state index contributed by atoms with van der Waals surface area (Å²) >= 11 is 0. The van der Waals surface area contributed by atoms with Crippen LogP contribution in [0.5, 0.6) is 17.2 Å². The third-order valence-corrected chi connectivity index (χ3v) is 6.46. The Morgan fingerprint density at radius 1 is 1.18 bits per heavy atom. The zero-order valence-electron chi connectivity index (χ0n) is 18.8. The minimum atomic E-state index is -0.328. The lowest BCUT2D eigenvalue weighted by Gasteiger charge is -2.34. The summed E-state index contributed by atoms with van der Waals surface area (Å²) in [5, 5.41) is 17.9. The number of aromatic hydroxyl groups is 1. The fraction of sp³-hybridized carbons (Fsp3) is 0.308. The number of allylic oxidation sites excluding steroid dienone is 2. The summed E-state index contributed by atoms with van der Waals surface area (Å²) < 4.78 is 16.8. The molecule has 2 aromatic carbocycles. The van der Waals surface area contributed by atoms with Crippen LogP contribution in [0, 0.1) is 6.92 Å². The quantitative estimate of drug-likeness (QED) is 0.566. The van der Waals surface area contributed by atoms with Gasteiger partial charge in [-0.3, -0.25) is 4.79 Å². The van der Waals surface area contributed by atoms with Crippen molar-refractivity contribution in [3.8, 4) is 17.2 Å². The van der Waals surface area contributed by atoms with E-state index in [4.69, 9.17) is 14.0 Å². The molecule has 5 rings (SSSR count). The molecule has 33 heavy (non-hydrogen) atoms. The molecule has 7 nitrogen and oxygen atoms in total. The van der Waals surface area contributed by atoms with Gasteiger partial charge < -0.3 is 24.4 Å². The number of benzene rings is 2. The van der Waals surface area contributed by atoms with E-state index in [0.29, 0.717) is 42.4 Å². The number of Topliss-reactive ketones (excluding diaryl/α,β-unsaturated/α-hetero) is 1. The largest absolute Gasteiger partial charge is 0.508 e. The number of hydrogen-bond donors (Lipinski definition) is 2. The maximum absolute atomic E-state index is 13.6. The lowest BCUT2D eigenvalue weighted by molar-refractivity contribution is -0.116. The molecule has 3 aromatic rings. The van der Waals surface area contributed by atoms with Crippen LogP contribution in [-0.4, -0.2) is 29.8 Å². The number of carbonyl (C=O) groups is 1. The van der Waals surface area contributed by atoms with Crippen molar-refractivity contribution >= 4 is 11.7 Å². The summed E-state index contributed by atoms with van der Waals surface area (Å²) in [5.74, 6) is 1.62. The highest BCUT2D eigenvalue weighted by Crippen LogP contribution is 2.50. The molecule has 1 aliphatic carbocycles. The summed E-state index contributed by atoms with van der Waals surface area (Å²) in [5.41, 5.74) is 4.80. The van der Waals surface area contributed by atoms with Gasteiger partial charge in [0.15, 0.2) is 17.3 Å². The van der Waals surface area contributed by atoms with Crippen LogP contribution in [0.25, 0.3) is 0 Å². The number of hydrogen-bond acceptors (Lipinski definition) is 7. The van der Waals surface area contributed by atoms with E-state index in [1.807, 2.05) is 44.2 Å². The number of nitrogens with zero attached hydrogens (tertiary/aromatic N) is 1. The van der Waals surface area contributed by atoms with Crippen LogP contribution in [-0.2, 0) is 4.79 Å². The van der Waals surface area contributed by atoms with Crippen molar-refractivity contribution in [2.45, 2.75) is 38.5 Å². The molecule has 0 bridgehead atoms. The third kappa shape index (κ3) is 3.53. The predicted molar refractivity (Wildman–Crippen MR) is 123 cm³/mol. The number of rotatable bonds is 5. The number of ether oxygens (including phenoxy) is 2. The van der Waals surface area contributed by atoms with Gasteiger partial charge in [0.25, 0.3) is 0 Å². The maximum atomic E-state index is 13.6. The van der Waals surface area contributed by atoms with Crippen LogP contribution in [0.2, 0.25) is 0 Å². The molecule has 2 atom stereocenters. The van der Waals surface area contributed by atoms with E-state index < -0.39 is 0 Å². The van der Waals surface area contributed by atoms with Crippen molar-refractivity contribution in [1.29, 1.82) is 0 Å². The number of para-hydroxylation sites is 1. The number of phenolic OH excluding ortho intramolecular Hbond substituents is 1. The first-order chi connectivity index (χ1) is 16.0. The number of ketones is 1. The van der Waals surface area contributed by atoms with Gasteiger partial charge in [0.1, 0.15) is 5.75 Å². The number of carbonyl (C=O) groups excluding carboxylic acids is 1. The van der Waals surface area contributed by atoms with Crippen molar-refractivity contribution in [1.82, 2.24) is 5.16 Å². The number of fused-ring (bicyclic) bond motifs is 1. The smallest absolute Gasteiger partial charge is 0.233 e. The number of aryl methyl sites for hydroxylation is 1. The fourth-order valence-corrected chi connectivity index (χ4v) is 5.00. The molecule has 2 N–H and O–H groups in total. The Hall–Kier alpha value is -3.74. The molecule has 0 saturated carbocycles. The Balaban J connectivity index is 1.63. The van der Waals surface area contributed by atoms with E-state index in [-0.39, 0.29) is 23.4 Å². The molecule has 1 aromatic heterocycles. The second-order valence-corrected chi connectivity index (χ2v) is 8.39. The summed E-state index contributed by atoms with van der Waals surface area (Å²) in [6.07, 6.45) is 0.908. The molecule has 170 valence electrons. The normalized spacial score (nSPS) is 19.5. The summed E-state index contributed by atoms with van der Waals surface area (Å²) in [4.78, 5) is 13.6. The topological polar surface area (TPSA) is 93.8 Å². The van der Waals surface area contributed by atoms with Gasteiger partial charge in [-0.15, -0.1) is 0 Å². The first-order valence-electron chi connectivity index (χ1n) is 11.1. The van der Waals surface area contributed by atoms with Gasteiger partial charge in [-0.25, -0.2) is 0 Å². The van der Waals surface area contributed by atoms with Gasteiger partial charge in [-0.2, -0.15) is 0 Å². The zero-order valence-corrected chi connectivity index (χ0v) is 18.8. The second-order valence-electron chi connectivity index (χ2n) is 8.39. The van der Waals surface area contributed by atoms with Gasteiger partial charge in [0.05, 0.1) is 25.0 Å². The molecule has 7 heteroatoms. The second kappa shape index (κ2) is 8.31. The molecular formula is C26H26N2O5. The standard InChI is InChI=1S/C26H26N2O5/c1-4-32-22-13-15(9-10-21(22)31-3)24-23-14(2)28-33-26(23)27-18-11-16(12-20(30)25(18)24)17-7-5-6-8-19(17)29/h5-10,13,16,24,27,29H,4,11-12H2,1-3H3/t16-,24-/m1/s1. The molecule has 0 radical (unpaired) electrons. The summed E-state index contributed by atoms with van der Waals surface area (Å²) in [6.45, 7) is 4.30. The molecule has 0 fully saturated rings. The average molecular weight is 447 g/mol. The Kier molecular flexibility index (Phi) is 5.32. The molecule has 0 saturated heterocycles. The first kappa shape index (κ1) is 21.1. The number of phenols is 1. The van der Waals surface area contributed by atoms with Crippen molar-refractivity contribution in [2.75, 3.05) is 19.0 Å². The Bertz CT molecular complexity index is 1260. The minimum Gasteiger partial charge on any atom is -0.508 e. The van der Waals surface area contributed by atoms with Crippen LogP contribution < -0.4 is 14.8 Å². The molecular weight excluding hydrogens is 420 g/mol. The van der Waals surface area contributed by atoms with E-state index in [9.17, 15) is 9.90 Å². The molecule has 1 aliphatic heterocycles. The average Bonchev–Trinajstić information content (AvgIpc) is 3.18. The van der Waals surface area contributed by atoms with Gasteiger partial charge >= 0.3 is 0 Å². The van der Waals surface area contributed by atoms with Crippen LogP contribution >= 0.6 is 0 Å². The lowest BCUT2D eigenvalue weighted by atomic mass is 9.72. The Morgan fingerprint density at radius 2 is 2.00 bits per heavy atom. The van der Waals surface area contributed by atoms with Crippen molar-refractivity contribution in [3.63, 3.8) is 0 Å². The highest BCUT2D eigenvalue weighted by Gasteiger charge is 2.41. The number of anilines is 1. The van der Waals surface area contributed by atoms with Crippen LogP contribution in [0.4, 0.5) is 5.88 Å². The summed E-state index contributed by atoms with van der Waals surface area (Å²) in [6, 6.07) is 13.0. The van der Waals surface area contributed by atoms with Crippen molar-refractivity contribution < 1.29 is 23.9 Å². The molecule has 2 heterocycles. The van der Waals surface area contributed by atoms with Crippen LogP contribution in [0.1, 0.15) is 54.0 Å². The van der Waals surface area contributed by atoms with E-state index in [1.54, 1.807) is 19.2 Å². The molecule has 0 amide bonds. The number of aromatic nitrogens is 1. The lowest BCUT2D eigenvalue weighted by Crippen LogP contribution is -2.29. The maximum Gasteiger partial charge on any atom is 0.233 e. The first-order valence-corrected chi connectivity index (χ1v) is 11.1. The SMILES string of the molecule is CCOc1cc([C@H]2C3=C(C[C@@H](c4ccccc4O)CC3=O)Nc3onc(C)c32)ccc1OC. The predicted octanol–water partition coefficient (Wildman–Crippen LogP) is 5.05. The summed E-state index contributed by atoms with van der Waals surface area (Å²) in [7, 11) is 1.61. The Labute approximate surface area is 192 Å².